The topological polar surface area (TPSA) is 53.2 Å². The fourth-order valence-electron chi connectivity index (χ4n) is 0.638. The van der Waals surface area contributed by atoms with Crippen molar-refractivity contribution in [1.82, 2.24) is 16.0 Å². The van der Waals surface area contributed by atoms with E-state index in [1.165, 1.54) is 6.08 Å². The van der Waals surface area contributed by atoms with Crippen LogP contribution in [0.3, 0.4) is 0 Å². The number of carbonyl (C=O) groups is 1. The molecule has 4 heteroatoms. The van der Waals surface area contributed by atoms with Crippen LogP contribution in [0.25, 0.3) is 0 Å². The molecule has 0 spiro atoms. The molecule has 4 nitrogen and oxygen atoms in total. The molecule has 3 N–H and O–H groups in total. The van der Waals surface area contributed by atoms with Crippen molar-refractivity contribution in [2.75, 3.05) is 20.6 Å². The standard InChI is InChI=1S/C8H17N3O/c1-5-7(12)11-6-8(2,9-3)10-4/h5,9-10H,1,6H2,2-4H3,(H,11,12). The lowest BCUT2D eigenvalue weighted by Gasteiger charge is -2.28. The molecule has 12 heavy (non-hydrogen) atoms. The molecule has 0 radical (unpaired) electrons. The Morgan fingerprint density at radius 3 is 2.33 bits per heavy atom. The summed E-state index contributed by atoms with van der Waals surface area (Å²) in [4.78, 5) is 10.8. The minimum atomic E-state index is -0.265. The molecule has 0 saturated heterocycles. The number of amides is 1. The van der Waals surface area contributed by atoms with Crippen molar-refractivity contribution >= 4 is 5.91 Å². The lowest BCUT2D eigenvalue weighted by Crippen LogP contribution is -2.58. The SMILES string of the molecule is C=CC(=O)NCC(C)(NC)NC. The Labute approximate surface area is 73.4 Å². The molecule has 0 aromatic heterocycles. The van der Waals surface area contributed by atoms with E-state index in [0.717, 1.165) is 0 Å². The zero-order valence-electron chi connectivity index (χ0n) is 7.90. The van der Waals surface area contributed by atoms with E-state index in [9.17, 15) is 4.79 Å². The van der Waals surface area contributed by atoms with Gasteiger partial charge in [-0.15, -0.1) is 0 Å². The number of hydrogen-bond acceptors (Lipinski definition) is 3. The van der Waals surface area contributed by atoms with Gasteiger partial charge in [-0.1, -0.05) is 6.58 Å². The molecule has 0 aliphatic heterocycles. The largest absolute Gasteiger partial charge is 0.349 e. The molecule has 0 heterocycles. The fourth-order valence-corrected chi connectivity index (χ4v) is 0.638. The van der Waals surface area contributed by atoms with E-state index in [1.54, 1.807) is 0 Å². The van der Waals surface area contributed by atoms with Crippen LogP contribution < -0.4 is 16.0 Å². The van der Waals surface area contributed by atoms with Gasteiger partial charge in [0.05, 0.1) is 5.66 Å². The van der Waals surface area contributed by atoms with Gasteiger partial charge in [0, 0.05) is 6.54 Å². The Bertz CT molecular complexity index is 164. The zero-order chi connectivity index (χ0) is 9.61. The number of rotatable bonds is 5. The lowest BCUT2D eigenvalue weighted by molar-refractivity contribution is -0.116. The number of nitrogens with one attached hydrogen (secondary N) is 3. The van der Waals surface area contributed by atoms with Crippen LogP contribution in [-0.4, -0.2) is 32.2 Å². The molecule has 0 aromatic rings. The Morgan fingerprint density at radius 2 is 2.00 bits per heavy atom. The van der Waals surface area contributed by atoms with Crippen LogP contribution >= 0.6 is 0 Å². The zero-order valence-corrected chi connectivity index (χ0v) is 7.90. The molecule has 0 unspecified atom stereocenters. The molecule has 0 fully saturated rings. The van der Waals surface area contributed by atoms with Crippen LogP contribution in [0.5, 0.6) is 0 Å². The van der Waals surface area contributed by atoms with Crippen LogP contribution in [0.4, 0.5) is 0 Å². The van der Waals surface area contributed by atoms with E-state index in [-0.39, 0.29) is 11.6 Å². The van der Waals surface area contributed by atoms with Gasteiger partial charge in [-0.2, -0.15) is 0 Å². The Morgan fingerprint density at radius 1 is 1.50 bits per heavy atom. The molecule has 0 aliphatic rings. The van der Waals surface area contributed by atoms with Crippen LogP contribution in [0.15, 0.2) is 12.7 Å². The Balaban J connectivity index is 3.88. The summed E-state index contributed by atoms with van der Waals surface area (Å²) in [5, 5.41) is 8.79. The van der Waals surface area contributed by atoms with E-state index in [1.807, 2.05) is 21.0 Å². The first kappa shape index (κ1) is 11.1. The first-order chi connectivity index (χ1) is 5.58. The van der Waals surface area contributed by atoms with Crippen LogP contribution in [0, 0.1) is 0 Å². The Kier molecular flexibility index (Phi) is 4.54. The summed E-state index contributed by atoms with van der Waals surface area (Å²) in [7, 11) is 3.66. The summed E-state index contributed by atoms with van der Waals surface area (Å²) in [6.07, 6.45) is 1.26. The van der Waals surface area contributed by atoms with Crippen molar-refractivity contribution in [3.05, 3.63) is 12.7 Å². The minimum absolute atomic E-state index is 0.160. The second-order valence-corrected chi connectivity index (χ2v) is 2.75. The summed E-state index contributed by atoms with van der Waals surface area (Å²) < 4.78 is 0. The van der Waals surface area contributed by atoms with Gasteiger partial charge in [-0.25, -0.2) is 0 Å². The predicted octanol–water partition coefficient (Wildman–Crippen LogP) is -0.556. The maximum Gasteiger partial charge on any atom is 0.243 e. The molecular weight excluding hydrogens is 154 g/mol. The normalized spacial score (nSPS) is 10.9. The summed E-state index contributed by atoms with van der Waals surface area (Å²) >= 11 is 0. The summed E-state index contributed by atoms with van der Waals surface area (Å²) in [6.45, 7) is 5.83. The third-order valence-corrected chi connectivity index (χ3v) is 1.91. The van der Waals surface area contributed by atoms with Gasteiger partial charge < -0.3 is 16.0 Å². The average molecular weight is 171 g/mol. The second kappa shape index (κ2) is 4.90. The van der Waals surface area contributed by atoms with E-state index >= 15 is 0 Å². The van der Waals surface area contributed by atoms with Gasteiger partial charge in [0.2, 0.25) is 5.91 Å². The van der Waals surface area contributed by atoms with Crippen molar-refractivity contribution in [1.29, 1.82) is 0 Å². The van der Waals surface area contributed by atoms with Crippen LogP contribution in [0.1, 0.15) is 6.92 Å². The van der Waals surface area contributed by atoms with Crippen molar-refractivity contribution < 1.29 is 4.79 Å². The van der Waals surface area contributed by atoms with Crippen molar-refractivity contribution in [3.63, 3.8) is 0 Å². The maximum absolute atomic E-state index is 10.8. The van der Waals surface area contributed by atoms with Crippen LogP contribution in [-0.2, 0) is 4.79 Å². The lowest BCUT2D eigenvalue weighted by atomic mass is 10.2. The Hall–Kier alpha value is -0.870. The van der Waals surface area contributed by atoms with E-state index < -0.39 is 0 Å². The molecule has 0 bridgehead atoms. The fraction of sp³-hybridized carbons (Fsp3) is 0.625. The van der Waals surface area contributed by atoms with Crippen LogP contribution in [0.2, 0.25) is 0 Å². The van der Waals surface area contributed by atoms with E-state index in [0.29, 0.717) is 6.54 Å². The molecule has 0 rings (SSSR count). The second-order valence-electron chi connectivity index (χ2n) is 2.75. The van der Waals surface area contributed by atoms with Gasteiger partial charge in [-0.3, -0.25) is 4.79 Å². The highest BCUT2D eigenvalue weighted by Crippen LogP contribution is 1.92. The molecule has 0 aromatic carbocycles. The van der Waals surface area contributed by atoms with E-state index in [4.69, 9.17) is 0 Å². The molecule has 0 atom stereocenters. The minimum Gasteiger partial charge on any atom is -0.349 e. The van der Waals surface area contributed by atoms with Crippen molar-refractivity contribution in [3.8, 4) is 0 Å². The highest BCUT2D eigenvalue weighted by molar-refractivity contribution is 5.86. The summed E-state index contributed by atoms with van der Waals surface area (Å²) in [5.74, 6) is -0.160. The summed E-state index contributed by atoms with van der Waals surface area (Å²) in [5.41, 5.74) is -0.265. The average Bonchev–Trinajstić information content (AvgIpc) is 2.13. The van der Waals surface area contributed by atoms with Crippen molar-refractivity contribution in [2.45, 2.75) is 12.6 Å². The molecular formula is C8H17N3O. The monoisotopic (exact) mass is 171 g/mol. The quantitative estimate of drug-likeness (QED) is 0.384. The molecule has 0 aliphatic carbocycles. The van der Waals surface area contributed by atoms with E-state index in [2.05, 4.69) is 22.5 Å². The van der Waals surface area contributed by atoms with Gasteiger partial charge in [0.15, 0.2) is 0 Å². The highest BCUT2D eigenvalue weighted by Gasteiger charge is 2.18. The summed E-state index contributed by atoms with van der Waals surface area (Å²) in [6, 6.07) is 0. The smallest absolute Gasteiger partial charge is 0.243 e. The van der Waals surface area contributed by atoms with Gasteiger partial charge >= 0.3 is 0 Å². The first-order valence-corrected chi connectivity index (χ1v) is 3.86. The van der Waals surface area contributed by atoms with Gasteiger partial charge in [0.1, 0.15) is 0 Å². The van der Waals surface area contributed by atoms with Gasteiger partial charge in [0.25, 0.3) is 0 Å². The maximum atomic E-state index is 10.8. The third kappa shape index (κ3) is 3.50. The molecule has 0 saturated carbocycles. The molecule has 1 amide bonds. The molecule has 70 valence electrons. The van der Waals surface area contributed by atoms with Crippen molar-refractivity contribution in [2.24, 2.45) is 0 Å². The number of hydrogen-bond donors (Lipinski definition) is 3. The number of likely N-dealkylation sites (N-methyl/N-ethyl adjacent to an activating group) is 2. The van der Waals surface area contributed by atoms with Gasteiger partial charge in [-0.05, 0) is 27.1 Å². The first-order valence-electron chi connectivity index (χ1n) is 3.86. The third-order valence-electron chi connectivity index (χ3n) is 1.91. The predicted molar refractivity (Wildman–Crippen MR) is 49.7 cm³/mol. The number of carbonyl (C=O) groups excluding carboxylic acids is 1. The highest BCUT2D eigenvalue weighted by atomic mass is 16.1.